The van der Waals surface area contributed by atoms with Crippen LogP contribution in [-0.4, -0.2) is 45.7 Å². The van der Waals surface area contributed by atoms with E-state index in [4.69, 9.17) is 0 Å². The van der Waals surface area contributed by atoms with Gasteiger partial charge in [-0.1, -0.05) is 11.6 Å². The third kappa shape index (κ3) is 2.70. The van der Waals surface area contributed by atoms with Gasteiger partial charge in [-0.05, 0) is 38.5 Å². The van der Waals surface area contributed by atoms with Crippen LogP contribution < -0.4 is 5.32 Å². The van der Waals surface area contributed by atoms with Gasteiger partial charge in [0.15, 0.2) is 0 Å². The van der Waals surface area contributed by atoms with Crippen LogP contribution in [-0.2, 0) is 11.3 Å². The lowest BCUT2D eigenvalue weighted by molar-refractivity contribution is -0.126. The number of benzene rings is 1. The number of aromatic nitrogens is 1. The van der Waals surface area contributed by atoms with Crippen molar-refractivity contribution in [3.63, 3.8) is 0 Å². The molecule has 1 aliphatic rings. The fourth-order valence-corrected chi connectivity index (χ4v) is 3.12. The van der Waals surface area contributed by atoms with Crippen LogP contribution >= 0.6 is 0 Å². The molecule has 0 aliphatic carbocycles. The zero-order valence-corrected chi connectivity index (χ0v) is 13.6. The van der Waals surface area contributed by atoms with Crippen LogP contribution in [0.25, 0.3) is 10.9 Å². The van der Waals surface area contributed by atoms with Gasteiger partial charge in [-0.3, -0.25) is 9.69 Å². The fraction of sp³-hybridized carbons (Fsp3) is 0.412. The Balaban J connectivity index is 1.85. The molecule has 6 nitrogen and oxygen atoms in total. The van der Waals surface area contributed by atoms with Crippen LogP contribution in [0.4, 0.5) is 4.79 Å². The summed E-state index contributed by atoms with van der Waals surface area (Å²) in [6.45, 7) is 6.50. The van der Waals surface area contributed by atoms with Gasteiger partial charge in [-0.15, -0.1) is 0 Å². The monoisotopic (exact) mass is 315 g/mol. The number of aliphatic hydroxyl groups excluding tert-OH is 1. The van der Waals surface area contributed by atoms with Crippen LogP contribution in [0.1, 0.15) is 16.8 Å². The van der Waals surface area contributed by atoms with Crippen LogP contribution in [0.3, 0.4) is 0 Å². The van der Waals surface area contributed by atoms with E-state index < -0.39 is 12.1 Å². The maximum absolute atomic E-state index is 11.6. The SMILES string of the molecule is Cc1ccc2c(c1)c(C)c(C)n2CC(O)CN1C(=O)CNC1=O. The van der Waals surface area contributed by atoms with Gasteiger partial charge in [0.1, 0.15) is 0 Å². The summed E-state index contributed by atoms with van der Waals surface area (Å²) in [7, 11) is 0. The number of carbonyl (C=O) groups is 2. The number of hydrogen-bond donors (Lipinski definition) is 2. The van der Waals surface area contributed by atoms with Gasteiger partial charge in [0.2, 0.25) is 5.91 Å². The number of β-amino-alcohol motifs (C(OH)–C–C–N with tert-alkyl or cyclic N) is 1. The molecule has 0 radical (unpaired) electrons. The number of carbonyl (C=O) groups excluding carboxylic acids is 2. The summed E-state index contributed by atoms with van der Waals surface area (Å²) in [5.74, 6) is -0.296. The Hall–Kier alpha value is -2.34. The summed E-state index contributed by atoms with van der Waals surface area (Å²) in [6, 6.07) is 5.79. The average Bonchev–Trinajstić information content (AvgIpc) is 2.93. The molecule has 1 saturated heterocycles. The summed E-state index contributed by atoms with van der Waals surface area (Å²) >= 11 is 0. The highest BCUT2D eigenvalue weighted by atomic mass is 16.3. The van der Waals surface area contributed by atoms with Gasteiger partial charge in [0.05, 0.1) is 25.7 Å². The molecule has 3 rings (SSSR count). The van der Waals surface area contributed by atoms with Crippen LogP contribution in [0.5, 0.6) is 0 Å². The van der Waals surface area contributed by atoms with Gasteiger partial charge < -0.3 is 15.0 Å². The van der Waals surface area contributed by atoms with E-state index in [-0.39, 0.29) is 19.0 Å². The lowest BCUT2D eigenvalue weighted by atomic mass is 10.1. The maximum Gasteiger partial charge on any atom is 0.324 e. The highest BCUT2D eigenvalue weighted by Crippen LogP contribution is 2.26. The van der Waals surface area contributed by atoms with Crippen molar-refractivity contribution in [2.45, 2.75) is 33.4 Å². The first-order valence-electron chi connectivity index (χ1n) is 7.70. The Labute approximate surface area is 134 Å². The number of hydrogen-bond acceptors (Lipinski definition) is 3. The van der Waals surface area contributed by atoms with Gasteiger partial charge >= 0.3 is 6.03 Å². The second-order valence-corrected chi connectivity index (χ2v) is 6.16. The molecular weight excluding hydrogens is 294 g/mol. The average molecular weight is 315 g/mol. The molecular formula is C17H21N3O3. The summed E-state index contributed by atoms with van der Waals surface area (Å²) < 4.78 is 2.05. The molecule has 1 fully saturated rings. The fourth-order valence-electron chi connectivity index (χ4n) is 3.12. The van der Waals surface area contributed by atoms with E-state index >= 15 is 0 Å². The van der Waals surface area contributed by atoms with Crippen LogP contribution in [0, 0.1) is 20.8 Å². The van der Waals surface area contributed by atoms with Gasteiger partial charge in [0.25, 0.3) is 0 Å². The highest BCUT2D eigenvalue weighted by molar-refractivity contribution is 6.01. The third-order valence-corrected chi connectivity index (χ3v) is 4.52. The minimum atomic E-state index is -0.808. The molecule has 1 unspecified atom stereocenters. The van der Waals surface area contributed by atoms with Crippen LogP contribution in [0.15, 0.2) is 18.2 Å². The first-order valence-corrected chi connectivity index (χ1v) is 7.70. The molecule has 6 heteroatoms. The predicted molar refractivity (Wildman–Crippen MR) is 87.3 cm³/mol. The number of amides is 3. The van der Waals surface area contributed by atoms with Gasteiger partial charge in [0, 0.05) is 16.6 Å². The van der Waals surface area contributed by atoms with Crippen molar-refractivity contribution >= 4 is 22.8 Å². The van der Waals surface area contributed by atoms with Crippen molar-refractivity contribution in [2.75, 3.05) is 13.1 Å². The van der Waals surface area contributed by atoms with E-state index in [0.29, 0.717) is 6.54 Å². The van der Waals surface area contributed by atoms with Crippen molar-refractivity contribution < 1.29 is 14.7 Å². The lowest BCUT2D eigenvalue weighted by Crippen LogP contribution is -2.39. The molecule has 0 spiro atoms. The standard InChI is InChI=1S/C17H21N3O3/c1-10-4-5-15-14(6-10)11(2)12(3)19(15)8-13(21)9-20-16(22)7-18-17(20)23/h4-6,13,21H,7-9H2,1-3H3,(H,18,23). The van der Waals surface area contributed by atoms with Crippen LogP contribution in [0.2, 0.25) is 0 Å². The highest BCUT2D eigenvalue weighted by Gasteiger charge is 2.30. The number of aryl methyl sites for hydroxylation is 2. The normalized spacial score (nSPS) is 16.3. The van der Waals surface area contributed by atoms with E-state index in [2.05, 4.69) is 25.2 Å². The Morgan fingerprint density at radius 3 is 2.61 bits per heavy atom. The second-order valence-electron chi connectivity index (χ2n) is 6.16. The van der Waals surface area contributed by atoms with Crippen molar-refractivity contribution in [2.24, 2.45) is 0 Å². The summed E-state index contributed by atoms with van der Waals surface area (Å²) in [5.41, 5.74) is 4.52. The van der Waals surface area contributed by atoms with Crippen molar-refractivity contribution in [3.05, 3.63) is 35.0 Å². The molecule has 2 heterocycles. The molecule has 122 valence electrons. The molecule has 1 aromatic carbocycles. The van der Waals surface area contributed by atoms with Gasteiger partial charge in [-0.25, -0.2) is 4.79 Å². The largest absolute Gasteiger partial charge is 0.389 e. The number of imide groups is 1. The predicted octanol–water partition coefficient (Wildman–Crippen LogP) is 1.48. The van der Waals surface area contributed by atoms with E-state index in [1.54, 1.807) is 0 Å². The Morgan fingerprint density at radius 2 is 1.96 bits per heavy atom. The zero-order chi connectivity index (χ0) is 16.7. The number of nitrogens with zero attached hydrogens (tertiary/aromatic N) is 2. The van der Waals surface area contributed by atoms with Crippen molar-refractivity contribution in [1.82, 2.24) is 14.8 Å². The summed E-state index contributed by atoms with van der Waals surface area (Å²) in [5, 5.41) is 14.0. The minimum absolute atomic E-state index is 0.00862. The quantitative estimate of drug-likeness (QED) is 0.839. The first kappa shape index (κ1) is 15.6. The molecule has 1 aromatic heterocycles. The molecule has 0 saturated carbocycles. The molecule has 2 aromatic rings. The van der Waals surface area contributed by atoms with Gasteiger partial charge in [-0.2, -0.15) is 0 Å². The number of fused-ring (bicyclic) bond motifs is 1. The molecule has 2 N–H and O–H groups in total. The number of urea groups is 1. The number of aliphatic hydroxyl groups is 1. The molecule has 23 heavy (non-hydrogen) atoms. The first-order chi connectivity index (χ1) is 10.9. The second kappa shape index (κ2) is 5.70. The number of nitrogens with one attached hydrogen (secondary N) is 1. The number of rotatable bonds is 4. The Morgan fingerprint density at radius 1 is 1.22 bits per heavy atom. The van der Waals surface area contributed by atoms with Crippen molar-refractivity contribution in [1.29, 1.82) is 0 Å². The van der Waals surface area contributed by atoms with Crippen molar-refractivity contribution in [3.8, 4) is 0 Å². The smallest absolute Gasteiger partial charge is 0.324 e. The van der Waals surface area contributed by atoms with E-state index in [9.17, 15) is 14.7 Å². The molecule has 1 atom stereocenters. The van der Waals surface area contributed by atoms with E-state index in [1.165, 1.54) is 16.5 Å². The third-order valence-electron chi connectivity index (χ3n) is 4.52. The topological polar surface area (TPSA) is 74.6 Å². The lowest BCUT2D eigenvalue weighted by Gasteiger charge is -2.19. The molecule has 0 bridgehead atoms. The minimum Gasteiger partial charge on any atom is -0.389 e. The summed E-state index contributed by atoms with van der Waals surface area (Å²) in [6.07, 6.45) is -0.808. The maximum atomic E-state index is 11.6. The molecule has 3 amide bonds. The Kier molecular flexibility index (Phi) is 3.85. The molecule has 1 aliphatic heterocycles. The van der Waals surface area contributed by atoms with E-state index in [1.807, 2.05) is 23.6 Å². The Bertz CT molecular complexity index is 778. The summed E-state index contributed by atoms with van der Waals surface area (Å²) in [4.78, 5) is 24.3. The zero-order valence-electron chi connectivity index (χ0n) is 13.6. The van der Waals surface area contributed by atoms with E-state index in [0.717, 1.165) is 16.1 Å².